The summed E-state index contributed by atoms with van der Waals surface area (Å²) in [4.78, 5) is 12.9. The molecule has 3 aromatic rings. The van der Waals surface area contributed by atoms with Crippen LogP contribution in [0.15, 0.2) is 60.7 Å². The predicted octanol–water partition coefficient (Wildman–Crippen LogP) is 7.18. The number of carbonyl (C=O) groups is 1. The Balaban J connectivity index is 1.84. The molecule has 168 valence electrons. The second kappa shape index (κ2) is 10.1. The quantitative estimate of drug-likeness (QED) is 0.414. The SMILES string of the molecule is CCOc1ccc(C(=O)Nc2ccc(Cl)cc2C)cc1COc1ccccc1C(C)(C)C. The first-order valence-electron chi connectivity index (χ1n) is 10.7. The first-order valence-corrected chi connectivity index (χ1v) is 11.1. The summed E-state index contributed by atoms with van der Waals surface area (Å²) < 4.78 is 12.0. The molecule has 3 aromatic carbocycles. The van der Waals surface area contributed by atoms with Gasteiger partial charge in [-0.1, -0.05) is 50.6 Å². The van der Waals surface area contributed by atoms with E-state index in [1.807, 2.05) is 50.2 Å². The summed E-state index contributed by atoms with van der Waals surface area (Å²) in [6, 6.07) is 18.8. The zero-order chi connectivity index (χ0) is 23.3. The number of carbonyl (C=O) groups excluding carboxylic acids is 1. The molecule has 0 aliphatic carbocycles. The minimum Gasteiger partial charge on any atom is -0.493 e. The van der Waals surface area contributed by atoms with Crippen LogP contribution in [-0.4, -0.2) is 12.5 Å². The molecule has 0 spiro atoms. The largest absolute Gasteiger partial charge is 0.493 e. The van der Waals surface area contributed by atoms with E-state index in [0.717, 1.165) is 28.1 Å². The van der Waals surface area contributed by atoms with Crippen molar-refractivity contribution in [3.8, 4) is 11.5 Å². The van der Waals surface area contributed by atoms with Crippen molar-refractivity contribution in [3.05, 3.63) is 87.9 Å². The highest BCUT2D eigenvalue weighted by molar-refractivity contribution is 6.30. The third-order valence-electron chi connectivity index (χ3n) is 5.14. The summed E-state index contributed by atoms with van der Waals surface area (Å²) in [6.45, 7) is 11.1. The number of hydrogen-bond acceptors (Lipinski definition) is 3. The smallest absolute Gasteiger partial charge is 0.255 e. The Kier molecular flexibility index (Phi) is 7.47. The van der Waals surface area contributed by atoms with Crippen molar-refractivity contribution in [2.75, 3.05) is 11.9 Å². The molecule has 0 aromatic heterocycles. The fourth-order valence-corrected chi connectivity index (χ4v) is 3.69. The lowest BCUT2D eigenvalue weighted by atomic mass is 9.86. The van der Waals surface area contributed by atoms with Gasteiger partial charge in [0.1, 0.15) is 18.1 Å². The van der Waals surface area contributed by atoms with E-state index < -0.39 is 0 Å². The number of ether oxygens (including phenoxy) is 2. The number of anilines is 1. The topological polar surface area (TPSA) is 47.6 Å². The van der Waals surface area contributed by atoms with Crippen LogP contribution in [0.1, 0.15) is 54.7 Å². The first kappa shape index (κ1) is 23.7. The minimum absolute atomic E-state index is 0.0441. The Labute approximate surface area is 195 Å². The molecule has 0 aliphatic heterocycles. The van der Waals surface area contributed by atoms with Crippen LogP contribution in [0.3, 0.4) is 0 Å². The van der Waals surface area contributed by atoms with Crippen LogP contribution in [0, 0.1) is 6.92 Å². The summed E-state index contributed by atoms with van der Waals surface area (Å²) >= 11 is 6.02. The van der Waals surface area contributed by atoms with Gasteiger partial charge in [0.2, 0.25) is 0 Å². The summed E-state index contributed by atoms with van der Waals surface area (Å²) in [5.74, 6) is 1.34. The van der Waals surface area contributed by atoms with Crippen molar-refractivity contribution in [1.29, 1.82) is 0 Å². The van der Waals surface area contributed by atoms with Crippen LogP contribution in [0.2, 0.25) is 5.02 Å². The van der Waals surface area contributed by atoms with E-state index >= 15 is 0 Å². The van der Waals surface area contributed by atoms with Crippen molar-refractivity contribution in [2.45, 2.75) is 46.6 Å². The highest BCUT2D eigenvalue weighted by atomic mass is 35.5. The predicted molar refractivity (Wildman–Crippen MR) is 131 cm³/mol. The van der Waals surface area contributed by atoms with Gasteiger partial charge in [0.05, 0.1) is 6.61 Å². The number of aryl methyl sites for hydroxylation is 1. The van der Waals surface area contributed by atoms with Gasteiger partial charge in [-0.15, -0.1) is 0 Å². The van der Waals surface area contributed by atoms with E-state index in [-0.39, 0.29) is 11.3 Å². The van der Waals surface area contributed by atoms with Gasteiger partial charge in [0.15, 0.2) is 0 Å². The van der Waals surface area contributed by atoms with Crippen molar-refractivity contribution in [1.82, 2.24) is 0 Å². The van der Waals surface area contributed by atoms with E-state index in [9.17, 15) is 4.79 Å². The Bertz CT molecular complexity index is 1100. The number of para-hydroxylation sites is 1. The molecule has 0 saturated carbocycles. The van der Waals surface area contributed by atoms with Crippen molar-refractivity contribution in [2.24, 2.45) is 0 Å². The maximum absolute atomic E-state index is 12.9. The molecule has 0 aliphatic rings. The molecular formula is C27H30ClNO3. The monoisotopic (exact) mass is 451 g/mol. The van der Waals surface area contributed by atoms with Crippen molar-refractivity contribution in [3.63, 3.8) is 0 Å². The average molecular weight is 452 g/mol. The molecule has 4 nitrogen and oxygen atoms in total. The van der Waals surface area contributed by atoms with Gasteiger partial charge in [0, 0.05) is 21.8 Å². The summed E-state index contributed by atoms with van der Waals surface area (Å²) in [5.41, 5.74) is 4.06. The highest BCUT2D eigenvalue weighted by Gasteiger charge is 2.19. The number of nitrogens with one attached hydrogen (secondary N) is 1. The molecule has 32 heavy (non-hydrogen) atoms. The van der Waals surface area contributed by atoms with Gasteiger partial charge in [-0.25, -0.2) is 0 Å². The van der Waals surface area contributed by atoms with Gasteiger partial charge in [-0.3, -0.25) is 4.79 Å². The number of halogens is 1. The maximum Gasteiger partial charge on any atom is 0.255 e. The van der Waals surface area contributed by atoms with Crippen LogP contribution in [-0.2, 0) is 12.0 Å². The fraction of sp³-hybridized carbons (Fsp3) is 0.296. The van der Waals surface area contributed by atoms with Gasteiger partial charge in [-0.2, -0.15) is 0 Å². The zero-order valence-electron chi connectivity index (χ0n) is 19.3. The van der Waals surface area contributed by atoms with Crippen LogP contribution in [0.5, 0.6) is 11.5 Å². The second-order valence-electron chi connectivity index (χ2n) is 8.70. The van der Waals surface area contributed by atoms with Gasteiger partial charge < -0.3 is 14.8 Å². The van der Waals surface area contributed by atoms with E-state index in [1.165, 1.54) is 0 Å². The molecule has 0 radical (unpaired) electrons. The molecule has 5 heteroatoms. The standard InChI is InChI=1S/C27H30ClNO3/c1-6-31-24-14-11-19(26(30)29-23-13-12-21(28)15-18(23)2)16-20(24)17-32-25-10-8-7-9-22(25)27(3,4)5/h7-16H,6,17H2,1-5H3,(H,29,30). The van der Waals surface area contributed by atoms with Gasteiger partial charge in [-0.05, 0) is 72.9 Å². The molecule has 1 amide bonds. The lowest BCUT2D eigenvalue weighted by Crippen LogP contribution is -2.15. The molecule has 0 fully saturated rings. The highest BCUT2D eigenvalue weighted by Crippen LogP contribution is 2.32. The normalized spacial score (nSPS) is 11.2. The summed E-state index contributed by atoms with van der Waals surface area (Å²) in [6.07, 6.45) is 0. The van der Waals surface area contributed by atoms with E-state index in [0.29, 0.717) is 29.5 Å². The fourth-order valence-electron chi connectivity index (χ4n) is 3.46. The molecule has 3 rings (SSSR count). The molecule has 0 atom stereocenters. The zero-order valence-corrected chi connectivity index (χ0v) is 20.0. The van der Waals surface area contributed by atoms with Crippen LogP contribution in [0.25, 0.3) is 0 Å². The van der Waals surface area contributed by atoms with E-state index in [4.69, 9.17) is 21.1 Å². The Morgan fingerprint density at radius 3 is 2.41 bits per heavy atom. The third kappa shape index (κ3) is 5.83. The second-order valence-corrected chi connectivity index (χ2v) is 9.14. The molecule has 0 heterocycles. The molecule has 1 N–H and O–H groups in total. The summed E-state index contributed by atoms with van der Waals surface area (Å²) in [7, 11) is 0. The van der Waals surface area contributed by atoms with Crippen LogP contribution < -0.4 is 14.8 Å². The lowest BCUT2D eigenvalue weighted by molar-refractivity contribution is 0.102. The molecule has 0 unspecified atom stereocenters. The van der Waals surface area contributed by atoms with E-state index in [2.05, 4.69) is 32.2 Å². The van der Waals surface area contributed by atoms with Crippen molar-refractivity contribution >= 4 is 23.2 Å². The Morgan fingerprint density at radius 1 is 0.969 bits per heavy atom. The third-order valence-corrected chi connectivity index (χ3v) is 5.37. The number of rotatable bonds is 7. The van der Waals surface area contributed by atoms with E-state index in [1.54, 1.807) is 18.2 Å². The van der Waals surface area contributed by atoms with Gasteiger partial charge in [0.25, 0.3) is 5.91 Å². The Morgan fingerprint density at radius 2 is 1.72 bits per heavy atom. The lowest BCUT2D eigenvalue weighted by Gasteiger charge is -2.23. The van der Waals surface area contributed by atoms with Crippen LogP contribution >= 0.6 is 11.6 Å². The number of benzene rings is 3. The average Bonchev–Trinajstić information content (AvgIpc) is 2.74. The van der Waals surface area contributed by atoms with Crippen LogP contribution in [0.4, 0.5) is 5.69 Å². The number of amides is 1. The Hall–Kier alpha value is -2.98. The molecule has 0 saturated heterocycles. The van der Waals surface area contributed by atoms with Gasteiger partial charge >= 0.3 is 0 Å². The molecule has 0 bridgehead atoms. The number of hydrogen-bond donors (Lipinski definition) is 1. The van der Waals surface area contributed by atoms with Crippen molar-refractivity contribution < 1.29 is 14.3 Å². The first-order chi connectivity index (χ1) is 15.2. The summed E-state index contributed by atoms with van der Waals surface area (Å²) in [5, 5.41) is 3.59. The minimum atomic E-state index is -0.199. The molecular weight excluding hydrogens is 422 g/mol. The maximum atomic E-state index is 12.9.